The molecule has 2 heterocycles. The Kier molecular flexibility index (Phi) is 4.36. The van der Waals surface area contributed by atoms with E-state index in [1.807, 2.05) is 18.7 Å². The van der Waals surface area contributed by atoms with Crippen molar-refractivity contribution in [2.75, 3.05) is 6.54 Å². The van der Waals surface area contributed by atoms with Crippen molar-refractivity contribution in [2.24, 2.45) is 0 Å². The normalized spacial score (nSPS) is 11.3. The molecule has 0 unspecified atom stereocenters. The van der Waals surface area contributed by atoms with Crippen LogP contribution in [-0.4, -0.2) is 20.7 Å². The molecule has 0 radical (unpaired) electrons. The smallest absolute Gasteiger partial charge is 0.0945 e. The van der Waals surface area contributed by atoms with Crippen LogP contribution in [0.2, 0.25) is 0 Å². The van der Waals surface area contributed by atoms with E-state index in [2.05, 4.69) is 56.8 Å². The fourth-order valence-electron chi connectivity index (χ4n) is 2.74. The number of hydrogen-bond acceptors (Lipinski definition) is 2. The minimum Gasteiger partial charge on any atom is -0.347 e. The zero-order valence-electron chi connectivity index (χ0n) is 12.5. The van der Waals surface area contributed by atoms with Crippen molar-refractivity contribution in [2.45, 2.75) is 33.0 Å². The molecule has 4 heteroatoms. The lowest BCUT2D eigenvalue weighted by Crippen LogP contribution is -2.11. The van der Waals surface area contributed by atoms with Crippen LogP contribution in [0.25, 0.3) is 10.9 Å². The number of aromatic nitrogens is 3. The van der Waals surface area contributed by atoms with Gasteiger partial charge in [-0.05, 0) is 30.7 Å². The first-order chi connectivity index (χ1) is 10.4. The van der Waals surface area contributed by atoms with Gasteiger partial charge in [0, 0.05) is 49.1 Å². The quantitative estimate of drug-likeness (QED) is 0.723. The molecule has 3 rings (SSSR count). The zero-order valence-corrected chi connectivity index (χ0v) is 12.5. The number of aryl methyl sites for hydroxylation is 2. The molecule has 0 saturated heterocycles. The molecule has 110 valence electrons. The fourth-order valence-corrected chi connectivity index (χ4v) is 2.74. The summed E-state index contributed by atoms with van der Waals surface area (Å²) in [5.41, 5.74) is 2.71. The molecule has 3 aromatic rings. The predicted molar refractivity (Wildman–Crippen MR) is 86.2 cm³/mol. The van der Waals surface area contributed by atoms with E-state index in [4.69, 9.17) is 0 Å². The molecule has 0 aliphatic rings. The maximum atomic E-state index is 4.08. The van der Waals surface area contributed by atoms with Crippen LogP contribution >= 0.6 is 0 Å². The van der Waals surface area contributed by atoms with E-state index in [9.17, 15) is 0 Å². The molecule has 1 aromatic carbocycles. The highest BCUT2D eigenvalue weighted by Crippen LogP contribution is 2.20. The third-order valence-corrected chi connectivity index (χ3v) is 3.84. The number of imidazole rings is 1. The SMILES string of the molecule is CCNCc1cccc2c1ccn2CCCn1ccnc1. The predicted octanol–water partition coefficient (Wildman–Crippen LogP) is 3.04. The number of hydrogen-bond donors (Lipinski definition) is 1. The lowest BCUT2D eigenvalue weighted by Gasteiger charge is -2.08. The molecule has 4 nitrogen and oxygen atoms in total. The molecule has 0 fully saturated rings. The van der Waals surface area contributed by atoms with Crippen molar-refractivity contribution in [1.82, 2.24) is 19.4 Å². The van der Waals surface area contributed by atoms with E-state index in [1.165, 1.54) is 16.5 Å². The molecular formula is C17H22N4. The van der Waals surface area contributed by atoms with Crippen molar-refractivity contribution >= 4 is 10.9 Å². The van der Waals surface area contributed by atoms with Crippen LogP contribution in [0.5, 0.6) is 0 Å². The van der Waals surface area contributed by atoms with Crippen LogP contribution in [0.3, 0.4) is 0 Å². The van der Waals surface area contributed by atoms with E-state index in [1.54, 1.807) is 0 Å². The van der Waals surface area contributed by atoms with Gasteiger partial charge in [0.15, 0.2) is 0 Å². The van der Waals surface area contributed by atoms with Gasteiger partial charge in [-0.3, -0.25) is 0 Å². The van der Waals surface area contributed by atoms with Gasteiger partial charge in [-0.1, -0.05) is 19.1 Å². The van der Waals surface area contributed by atoms with E-state index in [-0.39, 0.29) is 0 Å². The Balaban J connectivity index is 1.71. The summed E-state index contributed by atoms with van der Waals surface area (Å²) in [6, 6.07) is 8.81. The number of fused-ring (bicyclic) bond motifs is 1. The summed E-state index contributed by atoms with van der Waals surface area (Å²) < 4.78 is 4.48. The highest BCUT2D eigenvalue weighted by atomic mass is 15.0. The molecule has 2 aromatic heterocycles. The van der Waals surface area contributed by atoms with Crippen LogP contribution in [0.15, 0.2) is 49.2 Å². The van der Waals surface area contributed by atoms with Gasteiger partial charge in [-0.25, -0.2) is 4.98 Å². The number of benzene rings is 1. The lowest BCUT2D eigenvalue weighted by molar-refractivity contribution is 0.573. The van der Waals surface area contributed by atoms with Crippen LogP contribution in [0.4, 0.5) is 0 Å². The third-order valence-electron chi connectivity index (χ3n) is 3.84. The summed E-state index contributed by atoms with van der Waals surface area (Å²) in [6.07, 6.45) is 9.04. The summed E-state index contributed by atoms with van der Waals surface area (Å²) in [5, 5.41) is 4.77. The van der Waals surface area contributed by atoms with Gasteiger partial charge in [0.2, 0.25) is 0 Å². The Morgan fingerprint density at radius 3 is 2.90 bits per heavy atom. The molecule has 0 spiro atoms. The average molecular weight is 282 g/mol. The first-order valence-corrected chi connectivity index (χ1v) is 7.61. The first-order valence-electron chi connectivity index (χ1n) is 7.61. The molecular weight excluding hydrogens is 260 g/mol. The van der Waals surface area contributed by atoms with Gasteiger partial charge in [0.1, 0.15) is 0 Å². The van der Waals surface area contributed by atoms with Gasteiger partial charge >= 0.3 is 0 Å². The maximum Gasteiger partial charge on any atom is 0.0945 e. The summed E-state index contributed by atoms with van der Waals surface area (Å²) in [4.78, 5) is 4.08. The van der Waals surface area contributed by atoms with Crippen LogP contribution in [0.1, 0.15) is 18.9 Å². The average Bonchev–Trinajstić information content (AvgIpc) is 3.15. The summed E-state index contributed by atoms with van der Waals surface area (Å²) >= 11 is 0. The van der Waals surface area contributed by atoms with Gasteiger partial charge in [-0.2, -0.15) is 0 Å². The Morgan fingerprint density at radius 2 is 2.10 bits per heavy atom. The Bertz CT molecular complexity index is 682. The Morgan fingerprint density at radius 1 is 1.14 bits per heavy atom. The number of nitrogens with one attached hydrogen (secondary N) is 1. The minimum atomic E-state index is 0.937. The van der Waals surface area contributed by atoms with Crippen LogP contribution in [0, 0.1) is 0 Å². The van der Waals surface area contributed by atoms with E-state index >= 15 is 0 Å². The maximum absolute atomic E-state index is 4.08. The molecule has 0 bridgehead atoms. The fraction of sp³-hybridized carbons (Fsp3) is 0.353. The number of rotatable bonds is 7. The van der Waals surface area contributed by atoms with E-state index < -0.39 is 0 Å². The van der Waals surface area contributed by atoms with Crippen molar-refractivity contribution in [3.63, 3.8) is 0 Å². The minimum absolute atomic E-state index is 0.937. The van der Waals surface area contributed by atoms with Gasteiger partial charge in [0.05, 0.1) is 6.33 Å². The summed E-state index contributed by atoms with van der Waals surface area (Å²) in [5.74, 6) is 0. The van der Waals surface area contributed by atoms with E-state index in [0.29, 0.717) is 0 Å². The largest absolute Gasteiger partial charge is 0.347 e. The molecule has 0 aliphatic carbocycles. The summed E-state index contributed by atoms with van der Waals surface area (Å²) in [7, 11) is 0. The van der Waals surface area contributed by atoms with Crippen molar-refractivity contribution in [3.8, 4) is 0 Å². The van der Waals surface area contributed by atoms with Gasteiger partial charge in [-0.15, -0.1) is 0 Å². The number of nitrogens with zero attached hydrogens (tertiary/aromatic N) is 3. The topological polar surface area (TPSA) is 34.8 Å². The molecule has 1 N–H and O–H groups in total. The second-order valence-electron chi connectivity index (χ2n) is 5.29. The Labute approximate surface area is 125 Å². The lowest BCUT2D eigenvalue weighted by atomic mass is 10.1. The highest BCUT2D eigenvalue weighted by molar-refractivity contribution is 5.83. The molecule has 21 heavy (non-hydrogen) atoms. The van der Waals surface area contributed by atoms with E-state index in [0.717, 1.165) is 32.6 Å². The molecule has 0 amide bonds. The highest BCUT2D eigenvalue weighted by Gasteiger charge is 2.05. The molecule has 0 atom stereocenters. The van der Waals surface area contributed by atoms with Gasteiger partial charge < -0.3 is 14.5 Å². The second kappa shape index (κ2) is 6.59. The second-order valence-corrected chi connectivity index (χ2v) is 5.29. The monoisotopic (exact) mass is 282 g/mol. The van der Waals surface area contributed by atoms with Crippen molar-refractivity contribution < 1.29 is 0 Å². The first kappa shape index (κ1) is 13.9. The third kappa shape index (κ3) is 3.16. The van der Waals surface area contributed by atoms with Crippen molar-refractivity contribution in [3.05, 3.63) is 54.7 Å². The zero-order chi connectivity index (χ0) is 14.5. The van der Waals surface area contributed by atoms with Crippen LogP contribution in [-0.2, 0) is 19.6 Å². The Hall–Kier alpha value is -2.07. The van der Waals surface area contributed by atoms with Crippen LogP contribution < -0.4 is 5.32 Å². The summed E-state index contributed by atoms with van der Waals surface area (Å²) in [6.45, 7) is 6.12. The van der Waals surface area contributed by atoms with Crippen molar-refractivity contribution in [1.29, 1.82) is 0 Å². The molecule has 0 aliphatic heterocycles. The van der Waals surface area contributed by atoms with Gasteiger partial charge in [0.25, 0.3) is 0 Å². The standard InChI is InChI=1S/C17H22N4/c1-2-18-13-15-5-3-6-17-16(15)7-11-21(17)10-4-9-20-12-8-19-14-20/h3,5-8,11-12,14,18H,2,4,9-10,13H2,1H3. The molecule has 0 saturated carbocycles.